The monoisotopic (exact) mass is 286 g/mol. The van der Waals surface area contributed by atoms with Crippen molar-refractivity contribution in [2.75, 3.05) is 0 Å². The minimum atomic E-state index is -0.659. The van der Waals surface area contributed by atoms with Crippen LogP contribution in [0.15, 0.2) is 24.3 Å². The predicted octanol–water partition coefficient (Wildman–Crippen LogP) is 3.40. The molecule has 4 nitrogen and oxygen atoms in total. The summed E-state index contributed by atoms with van der Waals surface area (Å²) in [6.07, 6.45) is 4.18. The first kappa shape index (κ1) is 14.1. The molecular formula is C17H22N2O2. The van der Waals surface area contributed by atoms with Crippen molar-refractivity contribution in [1.29, 1.82) is 0 Å². The molecule has 0 radical (unpaired) electrons. The van der Waals surface area contributed by atoms with Crippen LogP contribution in [0, 0.1) is 11.3 Å². The van der Waals surface area contributed by atoms with E-state index < -0.39 is 11.4 Å². The smallest absolute Gasteiger partial charge is 0.310 e. The number of para-hydroxylation sites is 1. The summed E-state index contributed by atoms with van der Waals surface area (Å²) in [6, 6.07) is 8.05. The Kier molecular flexibility index (Phi) is 3.47. The van der Waals surface area contributed by atoms with Gasteiger partial charge in [-0.25, -0.2) is 0 Å². The van der Waals surface area contributed by atoms with Gasteiger partial charge in [-0.1, -0.05) is 31.5 Å². The third-order valence-corrected chi connectivity index (χ3v) is 5.08. The van der Waals surface area contributed by atoms with Gasteiger partial charge in [0.25, 0.3) is 0 Å². The van der Waals surface area contributed by atoms with E-state index in [1.54, 1.807) is 0 Å². The van der Waals surface area contributed by atoms with Gasteiger partial charge in [0.15, 0.2) is 0 Å². The van der Waals surface area contributed by atoms with Crippen LogP contribution in [-0.2, 0) is 18.3 Å². The lowest BCUT2D eigenvalue weighted by Gasteiger charge is -2.23. The molecule has 112 valence electrons. The number of hydrogen-bond acceptors (Lipinski definition) is 2. The normalized spacial score (nSPS) is 25.5. The van der Waals surface area contributed by atoms with Crippen LogP contribution in [0.25, 0.3) is 10.9 Å². The van der Waals surface area contributed by atoms with Gasteiger partial charge in [-0.2, -0.15) is 5.10 Å². The van der Waals surface area contributed by atoms with E-state index in [2.05, 4.69) is 12.0 Å². The highest BCUT2D eigenvalue weighted by molar-refractivity contribution is 5.83. The summed E-state index contributed by atoms with van der Waals surface area (Å²) < 4.78 is 1.85. The fourth-order valence-electron chi connectivity index (χ4n) is 3.76. The third-order valence-electron chi connectivity index (χ3n) is 5.08. The summed E-state index contributed by atoms with van der Waals surface area (Å²) in [7, 11) is 1.92. The van der Waals surface area contributed by atoms with Crippen LogP contribution in [0.4, 0.5) is 0 Å². The lowest BCUT2D eigenvalue weighted by atomic mass is 9.80. The highest BCUT2D eigenvalue weighted by Gasteiger charge is 2.45. The van der Waals surface area contributed by atoms with Gasteiger partial charge in [0.05, 0.1) is 16.6 Å². The van der Waals surface area contributed by atoms with E-state index in [1.165, 1.54) is 0 Å². The maximum Gasteiger partial charge on any atom is 0.310 e. The number of fused-ring (bicyclic) bond motifs is 1. The molecule has 0 aliphatic heterocycles. The molecule has 0 amide bonds. The zero-order chi connectivity index (χ0) is 15.0. The number of carbonyl (C=O) groups is 1. The van der Waals surface area contributed by atoms with Gasteiger partial charge >= 0.3 is 5.97 Å². The second-order valence-corrected chi connectivity index (χ2v) is 6.37. The maximum atomic E-state index is 11.9. The van der Waals surface area contributed by atoms with Gasteiger partial charge < -0.3 is 5.11 Å². The molecule has 1 N–H and O–H groups in total. The Balaban J connectivity index is 1.98. The molecule has 1 saturated carbocycles. The number of carboxylic acids is 1. The van der Waals surface area contributed by atoms with Gasteiger partial charge in [-0.05, 0) is 31.2 Å². The van der Waals surface area contributed by atoms with Crippen molar-refractivity contribution in [3.8, 4) is 0 Å². The Morgan fingerprint density at radius 2 is 2.24 bits per heavy atom. The van der Waals surface area contributed by atoms with E-state index in [0.717, 1.165) is 42.3 Å². The highest BCUT2D eigenvalue weighted by Crippen LogP contribution is 2.46. The Labute approximate surface area is 124 Å². The van der Waals surface area contributed by atoms with Crippen molar-refractivity contribution >= 4 is 16.9 Å². The summed E-state index contributed by atoms with van der Waals surface area (Å²) >= 11 is 0. The van der Waals surface area contributed by atoms with Gasteiger partial charge in [0.2, 0.25) is 0 Å². The molecule has 1 aliphatic carbocycles. The summed E-state index contributed by atoms with van der Waals surface area (Å²) in [6.45, 7) is 2.15. The third kappa shape index (κ3) is 2.33. The zero-order valence-electron chi connectivity index (χ0n) is 12.7. The van der Waals surface area contributed by atoms with Crippen molar-refractivity contribution in [2.45, 2.75) is 39.0 Å². The molecule has 1 aliphatic rings. The zero-order valence-corrected chi connectivity index (χ0v) is 12.7. The summed E-state index contributed by atoms with van der Waals surface area (Å²) in [4.78, 5) is 11.9. The van der Waals surface area contributed by atoms with Crippen LogP contribution in [0.5, 0.6) is 0 Å². The Morgan fingerprint density at radius 3 is 2.90 bits per heavy atom. The van der Waals surface area contributed by atoms with Crippen LogP contribution in [0.1, 0.15) is 38.3 Å². The maximum absolute atomic E-state index is 11.9. The molecule has 1 fully saturated rings. The number of benzene rings is 1. The summed E-state index contributed by atoms with van der Waals surface area (Å²) in [5.41, 5.74) is 1.36. The fraction of sp³-hybridized carbons (Fsp3) is 0.529. The average molecular weight is 286 g/mol. The van der Waals surface area contributed by atoms with Crippen molar-refractivity contribution in [2.24, 2.45) is 18.4 Å². The van der Waals surface area contributed by atoms with E-state index >= 15 is 0 Å². The molecule has 2 unspecified atom stereocenters. The topological polar surface area (TPSA) is 55.1 Å². The van der Waals surface area contributed by atoms with Gasteiger partial charge in [0.1, 0.15) is 0 Å². The second kappa shape index (κ2) is 5.17. The summed E-state index contributed by atoms with van der Waals surface area (Å²) in [5, 5.41) is 15.5. The van der Waals surface area contributed by atoms with E-state index in [0.29, 0.717) is 12.3 Å². The lowest BCUT2D eigenvalue weighted by Crippen LogP contribution is -2.31. The second-order valence-electron chi connectivity index (χ2n) is 6.37. The van der Waals surface area contributed by atoms with E-state index in [4.69, 9.17) is 0 Å². The van der Waals surface area contributed by atoms with E-state index in [1.807, 2.05) is 36.0 Å². The van der Waals surface area contributed by atoms with Crippen LogP contribution in [-0.4, -0.2) is 20.9 Å². The first-order valence-electron chi connectivity index (χ1n) is 7.70. The standard InChI is InChI=1S/C17H22N2O2/c1-3-12-8-9-17(10-12,16(20)21)11-14-13-6-4-5-7-15(13)19(2)18-14/h4-7,12H,3,8-11H2,1-2H3,(H,20,21). The number of hydrogen-bond donors (Lipinski definition) is 1. The van der Waals surface area contributed by atoms with Crippen molar-refractivity contribution in [3.05, 3.63) is 30.0 Å². The molecule has 4 heteroatoms. The molecule has 0 saturated heterocycles. The number of aliphatic carboxylic acids is 1. The molecule has 2 atom stereocenters. The number of aryl methyl sites for hydroxylation is 1. The van der Waals surface area contributed by atoms with Crippen LogP contribution >= 0.6 is 0 Å². The highest BCUT2D eigenvalue weighted by atomic mass is 16.4. The van der Waals surface area contributed by atoms with Crippen molar-refractivity contribution in [3.63, 3.8) is 0 Å². The van der Waals surface area contributed by atoms with Gasteiger partial charge in [-0.15, -0.1) is 0 Å². The van der Waals surface area contributed by atoms with Gasteiger partial charge in [-0.3, -0.25) is 9.48 Å². The van der Waals surface area contributed by atoms with Crippen molar-refractivity contribution < 1.29 is 9.90 Å². The molecule has 1 heterocycles. The number of nitrogens with zero attached hydrogens (tertiary/aromatic N) is 2. The molecule has 0 bridgehead atoms. The molecular weight excluding hydrogens is 264 g/mol. The molecule has 1 aromatic carbocycles. The van der Waals surface area contributed by atoms with Crippen LogP contribution in [0.2, 0.25) is 0 Å². The molecule has 3 rings (SSSR count). The van der Waals surface area contributed by atoms with Crippen LogP contribution in [0.3, 0.4) is 0 Å². The quantitative estimate of drug-likeness (QED) is 0.937. The first-order valence-corrected chi connectivity index (χ1v) is 7.70. The molecule has 1 aromatic heterocycles. The molecule has 21 heavy (non-hydrogen) atoms. The van der Waals surface area contributed by atoms with E-state index in [9.17, 15) is 9.90 Å². The van der Waals surface area contributed by atoms with E-state index in [-0.39, 0.29) is 0 Å². The number of carboxylic acid groups (broad SMARTS) is 1. The van der Waals surface area contributed by atoms with Crippen LogP contribution < -0.4 is 0 Å². The minimum absolute atomic E-state index is 0.538. The summed E-state index contributed by atoms with van der Waals surface area (Å²) in [5.74, 6) is -0.121. The Morgan fingerprint density at radius 1 is 1.48 bits per heavy atom. The fourth-order valence-corrected chi connectivity index (χ4v) is 3.76. The predicted molar refractivity (Wildman–Crippen MR) is 82.1 cm³/mol. The SMILES string of the molecule is CCC1CCC(Cc2nn(C)c3ccccc23)(C(=O)O)C1. The minimum Gasteiger partial charge on any atom is -0.481 e. The lowest BCUT2D eigenvalue weighted by molar-refractivity contribution is -0.148. The first-order chi connectivity index (χ1) is 10.1. The van der Waals surface area contributed by atoms with Crippen molar-refractivity contribution in [1.82, 2.24) is 9.78 Å². The Hall–Kier alpha value is -1.84. The largest absolute Gasteiger partial charge is 0.481 e. The molecule has 0 spiro atoms. The van der Waals surface area contributed by atoms with Gasteiger partial charge in [0, 0.05) is 18.9 Å². The number of rotatable bonds is 4. The average Bonchev–Trinajstić information content (AvgIpc) is 3.03. The molecule has 2 aromatic rings. The Bertz CT molecular complexity index is 676. The number of aromatic nitrogens is 2.